The number of carbonyl (C=O) groups is 3. The second-order valence-electron chi connectivity index (χ2n) is 7.08. The van der Waals surface area contributed by atoms with E-state index in [1.165, 1.54) is 42.5 Å². The van der Waals surface area contributed by atoms with E-state index < -0.39 is 22.6 Å². The van der Waals surface area contributed by atoms with Gasteiger partial charge in [0.1, 0.15) is 5.00 Å². The van der Waals surface area contributed by atoms with Crippen LogP contribution >= 0.6 is 11.3 Å². The van der Waals surface area contributed by atoms with Crippen LogP contribution < -0.4 is 16.2 Å². The molecule has 1 aromatic carbocycles. The van der Waals surface area contributed by atoms with Gasteiger partial charge < -0.3 is 5.32 Å². The number of fused-ring (bicyclic) bond motifs is 1. The van der Waals surface area contributed by atoms with Crippen molar-refractivity contribution in [2.75, 3.05) is 5.32 Å². The van der Waals surface area contributed by atoms with E-state index >= 15 is 0 Å². The summed E-state index contributed by atoms with van der Waals surface area (Å²) < 4.78 is 0. The van der Waals surface area contributed by atoms with E-state index in [9.17, 15) is 24.5 Å². The van der Waals surface area contributed by atoms with Gasteiger partial charge in [0.25, 0.3) is 11.6 Å². The molecule has 1 aliphatic carbocycles. The van der Waals surface area contributed by atoms with Crippen LogP contribution in [0.15, 0.2) is 30.3 Å². The van der Waals surface area contributed by atoms with Crippen molar-refractivity contribution >= 4 is 45.8 Å². The predicted octanol–water partition coefficient (Wildman–Crippen LogP) is 3.36. The van der Waals surface area contributed by atoms with Crippen molar-refractivity contribution in [3.63, 3.8) is 0 Å². The first-order valence-electron chi connectivity index (χ1n) is 9.80. The van der Waals surface area contributed by atoms with Crippen molar-refractivity contribution in [3.8, 4) is 0 Å². The first-order valence-corrected chi connectivity index (χ1v) is 10.6. The molecule has 31 heavy (non-hydrogen) atoms. The quantitative estimate of drug-likeness (QED) is 0.283. The molecule has 0 radical (unpaired) electrons. The van der Waals surface area contributed by atoms with Gasteiger partial charge in [0.15, 0.2) is 0 Å². The fourth-order valence-corrected chi connectivity index (χ4v) is 4.60. The van der Waals surface area contributed by atoms with Crippen LogP contribution in [-0.2, 0) is 22.4 Å². The molecular weight excluding hydrogens is 420 g/mol. The van der Waals surface area contributed by atoms with Crippen LogP contribution in [0.1, 0.15) is 52.5 Å². The summed E-state index contributed by atoms with van der Waals surface area (Å²) in [5.74, 6) is -1.29. The lowest BCUT2D eigenvalue weighted by molar-refractivity contribution is -0.384. The Bertz CT molecular complexity index is 1040. The molecule has 3 N–H and O–H groups in total. The minimum absolute atomic E-state index is 0.0310. The molecule has 162 valence electrons. The molecule has 0 fully saturated rings. The smallest absolute Gasteiger partial charge is 0.272 e. The van der Waals surface area contributed by atoms with E-state index in [2.05, 4.69) is 16.2 Å². The van der Waals surface area contributed by atoms with E-state index in [-0.39, 0.29) is 5.69 Å². The van der Waals surface area contributed by atoms with Gasteiger partial charge in [0, 0.05) is 30.0 Å². The standard InChI is InChI=1S/C21H22N4O5S/c1-13(26)23-24-20(28)19-16-5-3-2-4-6-17(16)31-21(19)22-18(27)12-9-14-7-10-15(11-8-14)25(29)30/h7-12H,2-6H2,1H3,(H,22,27)(H,23,26)(H,24,28). The van der Waals surface area contributed by atoms with Crippen LogP contribution in [0.4, 0.5) is 10.7 Å². The van der Waals surface area contributed by atoms with Crippen LogP contribution in [0.2, 0.25) is 0 Å². The summed E-state index contributed by atoms with van der Waals surface area (Å²) in [5.41, 5.74) is 6.57. The molecule has 1 heterocycles. The number of hydrogen-bond donors (Lipinski definition) is 3. The number of nitrogens with zero attached hydrogens (tertiary/aromatic N) is 1. The van der Waals surface area contributed by atoms with Gasteiger partial charge in [-0.25, -0.2) is 0 Å². The molecule has 1 aromatic heterocycles. The largest absolute Gasteiger partial charge is 0.313 e. The highest BCUT2D eigenvalue weighted by Gasteiger charge is 2.25. The number of aryl methyl sites for hydroxylation is 1. The van der Waals surface area contributed by atoms with Gasteiger partial charge in [0.05, 0.1) is 10.5 Å². The van der Waals surface area contributed by atoms with Gasteiger partial charge >= 0.3 is 0 Å². The van der Waals surface area contributed by atoms with Crippen molar-refractivity contribution in [1.29, 1.82) is 0 Å². The third kappa shape index (κ3) is 5.76. The number of thiophene rings is 1. The number of non-ortho nitro benzene ring substituents is 1. The van der Waals surface area contributed by atoms with Gasteiger partial charge in [-0.15, -0.1) is 11.3 Å². The van der Waals surface area contributed by atoms with Crippen molar-refractivity contribution in [2.45, 2.75) is 39.0 Å². The Hall–Kier alpha value is -3.53. The number of nitrogens with one attached hydrogen (secondary N) is 3. The summed E-state index contributed by atoms with van der Waals surface area (Å²) in [6.45, 7) is 1.29. The first-order chi connectivity index (χ1) is 14.8. The summed E-state index contributed by atoms with van der Waals surface area (Å²) in [5, 5.41) is 13.9. The van der Waals surface area contributed by atoms with Crippen molar-refractivity contribution in [1.82, 2.24) is 10.9 Å². The molecule has 3 amide bonds. The van der Waals surface area contributed by atoms with E-state index in [1.54, 1.807) is 12.1 Å². The zero-order chi connectivity index (χ0) is 22.4. The van der Waals surface area contributed by atoms with Crippen LogP contribution in [0.25, 0.3) is 6.08 Å². The van der Waals surface area contributed by atoms with E-state index in [4.69, 9.17) is 0 Å². The lowest BCUT2D eigenvalue weighted by atomic mass is 10.1. The highest BCUT2D eigenvalue weighted by atomic mass is 32.1. The number of benzene rings is 1. The Kier molecular flexibility index (Phi) is 7.14. The molecule has 3 rings (SSSR count). The molecule has 0 saturated carbocycles. The zero-order valence-corrected chi connectivity index (χ0v) is 17.7. The number of nitro groups is 1. The summed E-state index contributed by atoms with van der Waals surface area (Å²) >= 11 is 1.38. The molecule has 0 atom stereocenters. The molecule has 0 aliphatic heterocycles. The maximum atomic E-state index is 12.7. The normalized spacial score (nSPS) is 13.2. The average Bonchev–Trinajstić information content (AvgIpc) is 2.91. The number of rotatable bonds is 5. The third-order valence-electron chi connectivity index (χ3n) is 4.77. The zero-order valence-electron chi connectivity index (χ0n) is 16.9. The fraction of sp³-hybridized carbons (Fsp3) is 0.286. The first kappa shape index (κ1) is 22.2. The molecule has 0 saturated heterocycles. The highest BCUT2D eigenvalue weighted by molar-refractivity contribution is 7.17. The Morgan fingerprint density at radius 1 is 1.06 bits per heavy atom. The van der Waals surface area contributed by atoms with Gasteiger partial charge in [-0.2, -0.15) is 0 Å². The molecule has 1 aliphatic rings. The Morgan fingerprint density at radius 2 is 1.77 bits per heavy atom. The van der Waals surface area contributed by atoms with Crippen LogP contribution in [-0.4, -0.2) is 22.6 Å². The van der Waals surface area contributed by atoms with E-state index in [0.717, 1.165) is 42.5 Å². The van der Waals surface area contributed by atoms with Crippen molar-refractivity contribution in [2.24, 2.45) is 0 Å². The molecular formula is C21H22N4O5S. The molecule has 0 unspecified atom stereocenters. The molecule has 10 heteroatoms. The topological polar surface area (TPSA) is 130 Å². The third-order valence-corrected chi connectivity index (χ3v) is 5.98. The summed E-state index contributed by atoms with van der Waals surface area (Å²) in [7, 11) is 0. The molecule has 0 spiro atoms. The lowest BCUT2D eigenvalue weighted by Gasteiger charge is -2.09. The number of anilines is 1. The Balaban J connectivity index is 1.79. The maximum absolute atomic E-state index is 12.7. The van der Waals surface area contributed by atoms with Gasteiger partial charge in [0.2, 0.25) is 11.8 Å². The Labute approximate surface area is 182 Å². The maximum Gasteiger partial charge on any atom is 0.272 e. The molecule has 9 nitrogen and oxygen atoms in total. The second-order valence-corrected chi connectivity index (χ2v) is 8.18. The summed E-state index contributed by atoms with van der Waals surface area (Å²) in [4.78, 5) is 47.7. The summed E-state index contributed by atoms with van der Waals surface area (Å²) in [6.07, 6.45) is 7.48. The highest BCUT2D eigenvalue weighted by Crippen LogP contribution is 2.37. The molecule has 2 aromatic rings. The van der Waals surface area contributed by atoms with Gasteiger partial charge in [-0.1, -0.05) is 6.42 Å². The average molecular weight is 442 g/mol. The number of hydrazine groups is 1. The number of carbonyl (C=O) groups excluding carboxylic acids is 3. The lowest BCUT2D eigenvalue weighted by Crippen LogP contribution is -2.40. The van der Waals surface area contributed by atoms with Crippen molar-refractivity contribution in [3.05, 3.63) is 62.0 Å². The van der Waals surface area contributed by atoms with E-state index in [1.807, 2.05) is 0 Å². The number of hydrogen-bond acceptors (Lipinski definition) is 6. The van der Waals surface area contributed by atoms with Crippen LogP contribution in [0.5, 0.6) is 0 Å². The van der Waals surface area contributed by atoms with Gasteiger partial charge in [-0.3, -0.25) is 35.3 Å². The van der Waals surface area contributed by atoms with E-state index in [0.29, 0.717) is 16.1 Å². The van der Waals surface area contributed by atoms with Gasteiger partial charge in [-0.05, 0) is 55.0 Å². The SMILES string of the molecule is CC(=O)NNC(=O)c1c(NC(=O)C=Cc2ccc([N+](=O)[O-])cc2)sc2c1CCCCC2. The Morgan fingerprint density at radius 3 is 2.45 bits per heavy atom. The number of nitro benzene ring substituents is 1. The minimum Gasteiger partial charge on any atom is -0.313 e. The second kappa shape index (κ2) is 9.98. The minimum atomic E-state index is -0.492. The fourth-order valence-electron chi connectivity index (χ4n) is 3.31. The predicted molar refractivity (Wildman–Crippen MR) is 118 cm³/mol. The summed E-state index contributed by atoms with van der Waals surface area (Å²) in [6, 6.07) is 5.81. The number of amides is 3. The molecule has 0 bridgehead atoms. The van der Waals surface area contributed by atoms with Crippen LogP contribution in [0.3, 0.4) is 0 Å². The van der Waals surface area contributed by atoms with Crippen LogP contribution in [0, 0.1) is 10.1 Å². The monoisotopic (exact) mass is 442 g/mol. The van der Waals surface area contributed by atoms with Crippen molar-refractivity contribution < 1.29 is 19.3 Å².